The lowest BCUT2D eigenvalue weighted by Gasteiger charge is -2.40. The topological polar surface area (TPSA) is 130 Å². The number of aromatic nitrogens is 4. The molecule has 2 aliphatic heterocycles. The minimum Gasteiger partial charge on any atom is -0.462 e. The molecule has 16 heteroatoms. The van der Waals surface area contributed by atoms with Gasteiger partial charge in [0.25, 0.3) is 5.56 Å². The van der Waals surface area contributed by atoms with Crippen LogP contribution in [0.4, 0.5) is 28.2 Å². The average Bonchev–Trinajstić information content (AvgIpc) is 3.57. The molecule has 1 amide bonds. The number of likely N-dealkylation sites (tertiary alicyclic amines) is 1. The Labute approximate surface area is 300 Å². The molecule has 2 fully saturated rings. The molecule has 2 saturated heterocycles. The normalized spacial score (nSPS) is 18.0. The van der Waals surface area contributed by atoms with Crippen LogP contribution in [0, 0.1) is 17.1 Å². The van der Waals surface area contributed by atoms with Crippen LogP contribution < -0.4 is 15.2 Å². The number of nitriles is 1. The fourth-order valence-corrected chi connectivity index (χ4v) is 6.93. The average molecular weight is 731 g/mol. The first-order valence-corrected chi connectivity index (χ1v) is 17.1. The van der Waals surface area contributed by atoms with Gasteiger partial charge in [0.1, 0.15) is 24.5 Å². The predicted octanol–water partition coefficient (Wildman–Crippen LogP) is 5.70. The van der Waals surface area contributed by atoms with Gasteiger partial charge in [-0.2, -0.15) is 28.4 Å². The molecule has 5 aromatic rings. The maximum absolute atomic E-state index is 15.2. The van der Waals surface area contributed by atoms with E-state index in [0.717, 1.165) is 31.0 Å². The molecule has 7 rings (SSSR count). The molecule has 0 bridgehead atoms. The summed E-state index contributed by atoms with van der Waals surface area (Å²) >= 11 is 0. The number of carbonyl (C=O) groups is 1. The minimum absolute atomic E-state index is 0.00358. The number of rotatable bonds is 8. The van der Waals surface area contributed by atoms with E-state index in [0.29, 0.717) is 4.57 Å². The zero-order chi connectivity index (χ0) is 37.3. The second-order valence-electron chi connectivity index (χ2n) is 13.0. The maximum Gasteiger partial charge on any atom is 0.450 e. The van der Waals surface area contributed by atoms with Gasteiger partial charge >= 0.3 is 18.3 Å². The molecule has 2 aromatic heterocycles. The summed E-state index contributed by atoms with van der Waals surface area (Å²) in [7, 11) is 1.94. The Morgan fingerprint density at radius 1 is 0.962 bits per heavy atom. The molecule has 2 aliphatic rings. The lowest BCUT2D eigenvalue weighted by atomic mass is 10.1. The number of fused-ring (bicyclic) bond motifs is 2. The zero-order valence-electron chi connectivity index (χ0n) is 28.6. The quantitative estimate of drug-likeness (QED) is 0.183. The summed E-state index contributed by atoms with van der Waals surface area (Å²) in [5, 5.41) is 9.76. The summed E-state index contributed by atoms with van der Waals surface area (Å²) in [5.74, 6) is -2.56. The van der Waals surface area contributed by atoms with Crippen LogP contribution in [0.25, 0.3) is 27.5 Å². The second-order valence-corrected chi connectivity index (χ2v) is 13.0. The number of nitrogens with zero attached hydrogens (tertiary/aromatic N) is 8. The smallest absolute Gasteiger partial charge is 0.450 e. The van der Waals surface area contributed by atoms with Crippen LogP contribution in [-0.4, -0.2) is 87.3 Å². The number of anilines is 1. The van der Waals surface area contributed by atoms with Gasteiger partial charge in [-0.3, -0.25) is 9.36 Å². The van der Waals surface area contributed by atoms with Crippen molar-refractivity contribution in [1.29, 1.82) is 5.26 Å². The zero-order valence-corrected chi connectivity index (χ0v) is 28.6. The number of carbonyl (C=O) groups excluding carboxylic acids is 1. The highest BCUT2D eigenvalue weighted by Crippen LogP contribution is 2.35. The number of hydrogen-bond acceptors (Lipinski definition) is 10. The highest BCUT2D eigenvalue weighted by molar-refractivity contribution is 5.92. The van der Waals surface area contributed by atoms with Crippen molar-refractivity contribution in [2.75, 3.05) is 44.7 Å². The van der Waals surface area contributed by atoms with Gasteiger partial charge in [-0.25, -0.2) is 14.2 Å². The van der Waals surface area contributed by atoms with E-state index < -0.39 is 46.5 Å². The molecule has 0 N–H and O–H groups in total. The molecule has 0 radical (unpaired) electrons. The van der Waals surface area contributed by atoms with E-state index in [9.17, 15) is 28.0 Å². The van der Waals surface area contributed by atoms with E-state index in [2.05, 4.69) is 25.9 Å². The first-order chi connectivity index (χ1) is 25.5. The molecule has 2 atom stereocenters. The number of ether oxygens (including phenoxy) is 2. The largest absolute Gasteiger partial charge is 0.462 e. The first kappa shape index (κ1) is 35.6. The molecule has 3 aromatic carbocycles. The molecule has 53 heavy (non-hydrogen) atoms. The van der Waals surface area contributed by atoms with E-state index in [1.807, 2.05) is 25.2 Å². The number of alkyl halides is 3. The molecule has 4 heterocycles. The summed E-state index contributed by atoms with van der Waals surface area (Å²) in [6.07, 6.45) is -4.18. The summed E-state index contributed by atoms with van der Waals surface area (Å²) in [5.41, 5.74) is -1.74. The Morgan fingerprint density at radius 2 is 1.74 bits per heavy atom. The predicted molar refractivity (Wildman–Crippen MR) is 186 cm³/mol. The Kier molecular flexibility index (Phi) is 9.84. The van der Waals surface area contributed by atoms with Crippen molar-refractivity contribution < 1.29 is 31.8 Å². The minimum atomic E-state index is -5.18. The molecule has 0 spiro atoms. The highest BCUT2D eigenvalue weighted by Gasteiger charge is 2.40. The van der Waals surface area contributed by atoms with Crippen LogP contribution in [0.1, 0.15) is 30.7 Å². The van der Waals surface area contributed by atoms with Crippen molar-refractivity contribution >= 4 is 33.7 Å². The van der Waals surface area contributed by atoms with Crippen LogP contribution in [0.3, 0.4) is 0 Å². The van der Waals surface area contributed by atoms with Gasteiger partial charge in [0.05, 0.1) is 24.2 Å². The number of benzene rings is 3. The van der Waals surface area contributed by atoms with Crippen LogP contribution in [0.5, 0.6) is 6.01 Å². The molecule has 274 valence electrons. The highest BCUT2D eigenvalue weighted by atomic mass is 19.4. The summed E-state index contributed by atoms with van der Waals surface area (Å²) in [6.45, 7) is 1.02. The van der Waals surface area contributed by atoms with Gasteiger partial charge in [0.15, 0.2) is 11.3 Å². The van der Waals surface area contributed by atoms with Gasteiger partial charge in [0, 0.05) is 31.1 Å². The van der Waals surface area contributed by atoms with Crippen LogP contribution in [-0.2, 0) is 17.5 Å². The maximum atomic E-state index is 15.2. The Bertz CT molecular complexity index is 2260. The first-order valence-electron chi connectivity index (χ1n) is 17.1. The van der Waals surface area contributed by atoms with Crippen LogP contribution in [0.2, 0.25) is 0 Å². The van der Waals surface area contributed by atoms with Gasteiger partial charge in [0.2, 0.25) is 5.82 Å². The van der Waals surface area contributed by atoms with Crippen LogP contribution in [0.15, 0.2) is 71.5 Å². The number of amides is 1. The van der Waals surface area contributed by atoms with E-state index in [1.165, 1.54) is 35.2 Å². The SMILES string of the molecule is CN1CCC[C@H]1COc1nc(N2CCN(C(=O)OCc3ccccc3)[C@@H](CC#N)C2)c2nc(C(F)(F)F)n(-c3cccc4cccc(F)c34)c(=O)c2n1. The van der Waals surface area contributed by atoms with Crippen molar-refractivity contribution in [3.8, 4) is 17.8 Å². The van der Waals surface area contributed by atoms with Gasteiger partial charge in [-0.05, 0) is 49.5 Å². The fraction of sp³-hybridized carbons (Fsp3) is 0.351. The van der Waals surface area contributed by atoms with Gasteiger partial charge < -0.3 is 24.2 Å². The van der Waals surface area contributed by atoms with E-state index in [1.54, 1.807) is 17.0 Å². The van der Waals surface area contributed by atoms with Crippen molar-refractivity contribution in [3.05, 3.63) is 94.3 Å². The fourth-order valence-electron chi connectivity index (χ4n) is 6.93. The van der Waals surface area contributed by atoms with Crippen molar-refractivity contribution in [1.82, 2.24) is 29.3 Å². The molecule has 12 nitrogen and oxygen atoms in total. The number of likely N-dealkylation sites (N-methyl/N-ethyl adjacent to an activating group) is 1. The standard InChI is InChI=1S/C37H34F4N8O4/c1-46-17-7-12-26(46)22-52-35-44-31-30(43-34(37(39,40)41)49(33(31)50)28-14-6-11-24-10-5-13-27(38)29(24)28)32(45-35)47-18-19-48(25(20-47)15-16-42)36(51)53-21-23-8-3-2-4-9-23/h2-6,8-11,13-14,25-26H,7,12,15,17-22H2,1H3/t25-,26-/m0/s1. The van der Waals surface area contributed by atoms with E-state index in [4.69, 9.17) is 9.47 Å². The third kappa shape index (κ3) is 7.16. The summed E-state index contributed by atoms with van der Waals surface area (Å²) in [6, 6.07) is 18.3. The van der Waals surface area contributed by atoms with Crippen LogP contribution >= 0.6 is 0 Å². The molecule has 0 unspecified atom stereocenters. The number of hydrogen-bond donors (Lipinski definition) is 0. The molecular weight excluding hydrogens is 696 g/mol. The monoisotopic (exact) mass is 730 g/mol. The van der Waals surface area contributed by atoms with Crippen molar-refractivity contribution in [2.45, 2.75) is 44.1 Å². The lowest BCUT2D eigenvalue weighted by Crippen LogP contribution is -2.55. The van der Waals surface area contributed by atoms with Crippen molar-refractivity contribution in [2.24, 2.45) is 0 Å². The summed E-state index contributed by atoms with van der Waals surface area (Å²) in [4.78, 5) is 45.4. The van der Waals surface area contributed by atoms with Crippen molar-refractivity contribution in [3.63, 3.8) is 0 Å². The Morgan fingerprint density at radius 3 is 2.45 bits per heavy atom. The summed E-state index contributed by atoms with van der Waals surface area (Å²) < 4.78 is 71.9. The molecular formula is C37H34F4N8O4. The third-order valence-corrected chi connectivity index (χ3v) is 9.63. The van der Waals surface area contributed by atoms with E-state index >= 15 is 4.39 Å². The number of piperazine rings is 1. The third-order valence-electron chi connectivity index (χ3n) is 9.63. The van der Waals surface area contributed by atoms with E-state index in [-0.39, 0.29) is 73.6 Å². The lowest BCUT2D eigenvalue weighted by molar-refractivity contribution is -0.146. The number of halogens is 4. The Balaban J connectivity index is 1.33. The molecule has 0 saturated carbocycles. The Hall–Kier alpha value is -5.82. The second kappa shape index (κ2) is 14.7. The van der Waals surface area contributed by atoms with Gasteiger partial charge in [-0.1, -0.05) is 54.6 Å². The van der Waals surface area contributed by atoms with Gasteiger partial charge in [-0.15, -0.1) is 0 Å². The molecule has 0 aliphatic carbocycles.